The van der Waals surface area contributed by atoms with Crippen LogP contribution in [0.5, 0.6) is 0 Å². The molecule has 0 aliphatic carbocycles. The van der Waals surface area contributed by atoms with E-state index in [1.807, 2.05) is 0 Å². The monoisotopic (exact) mass is 605 g/mol. The van der Waals surface area contributed by atoms with Gasteiger partial charge in [-0.3, -0.25) is 0 Å². The van der Waals surface area contributed by atoms with E-state index in [-0.39, 0.29) is 14.4 Å². The molecule has 0 saturated heterocycles. The van der Waals surface area contributed by atoms with Crippen molar-refractivity contribution >= 4 is 0 Å². The number of hydrogen-bond acceptors (Lipinski definition) is 0. The van der Waals surface area contributed by atoms with Crippen LogP contribution in [0.15, 0.2) is 0 Å². The maximum atomic E-state index is 12.7. The first-order valence-corrected chi connectivity index (χ1v) is 15.0. The summed E-state index contributed by atoms with van der Waals surface area (Å²) in [5, 5.41) is 0. The molecule has 0 heterocycles. The average molecular weight is 605 g/mol. The molecule has 4 heteroatoms. The molecule has 260 valence electrons. The van der Waals surface area contributed by atoms with Crippen LogP contribution in [-0.4, -0.2) is 11.8 Å². The minimum atomic E-state index is -3.96. The van der Waals surface area contributed by atoms with Gasteiger partial charge in [-0.15, -0.1) is 0 Å². The van der Waals surface area contributed by atoms with E-state index in [0.717, 1.165) is 20.8 Å². The highest BCUT2D eigenvalue weighted by atomic mass is 19.3. The lowest BCUT2D eigenvalue weighted by Gasteiger charge is -2.34. The minimum Gasteiger partial charge on any atom is -0.200 e. The van der Waals surface area contributed by atoms with E-state index in [2.05, 4.69) is 152 Å². The Morgan fingerprint density at radius 1 is 0.317 bits per heavy atom. The van der Waals surface area contributed by atoms with E-state index in [9.17, 15) is 17.6 Å². The van der Waals surface area contributed by atoms with Gasteiger partial charge >= 0.3 is 11.8 Å². The fourth-order valence-corrected chi connectivity index (χ4v) is 2.25. The van der Waals surface area contributed by atoms with E-state index < -0.39 is 17.3 Å². The summed E-state index contributed by atoms with van der Waals surface area (Å²) in [5.41, 5.74) is 1.27. The van der Waals surface area contributed by atoms with Crippen LogP contribution in [0.4, 0.5) is 17.6 Å². The Bertz CT molecular complexity index is 475. The van der Waals surface area contributed by atoms with Crippen LogP contribution < -0.4 is 0 Å². The standard InChI is InChI=1S/C9H20.C7H12F4.4C5H12.CH4/c1-8(2,3)7-9(4,5)6;1-5(2,3)7(10,11)6(4,8)9;4*1-5(2,3)4;/h7H2,1-6H3;1-4H3;4*1-4H3;1H4. The van der Waals surface area contributed by atoms with Crippen molar-refractivity contribution < 1.29 is 17.6 Å². The van der Waals surface area contributed by atoms with Crippen molar-refractivity contribution in [2.24, 2.45) is 37.9 Å². The highest BCUT2D eigenvalue weighted by Gasteiger charge is 2.59. The molecule has 0 spiro atoms. The Morgan fingerprint density at radius 2 is 0.439 bits per heavy atom. The second-order valence-corrected chi connectivity index (χ2v) is 21.0. The first-order chi connectivity index (χ1) is 16.2. The Labute approximate surface area is 261 Å². The van der Waals surface area contributed by atoms with Crippen LogP contribution in [0.1, 0.15) is 194 Å². The van der Waals surface area contributed by atoms with E-state index in [0.29, 0.717) is 32.5 Å². The highest BCUT2D eigenvalue weighted by molar-refractivity contribution is 4.90. The summed E-state index contributed by atoms with van der Waals surface area (Å²) < 4.78 is 49.9. The zero-order valence-corrected chi connectivity index (χ0v) is 32.7. The first kappa shape index (κ1) is 56.5. The van der Waals surface area contributed by atoms with Crippen LogP contribution in [0.2, 0.25) is 0 Å². The molecule has 0 unspecified atom stereocenters. The van der Waals surface area contributed by atoms with Crippen molar-refractivity contribution in [2.45, 2.75) is 206 Å². The zero-order valence-electron chi connectivity index (χ0n) is 32.7. The predicted molar refractivity (Wildman–Crippen MR) is 186 cm³/mol. The summed E-state index contributed by atoms with van der Waals surface area (Å²) in [6, 6.07) is 0. The van der Waals surface area contributed by atoms with Gasteiger partial charge in [0.05, 0.1) is 0 Å². The van der Waals surface area contributed by atoms with Crippen LogP contribution in [0, 0.1) is 37.9 Å². The third-order valence-corrected chi connectivity index (χ3v) is 2.55. The summed E-state index contributed by atoms with van der Waals surface area (Å²) in [4.78, 5) is 0. The molecule has 0 rings (SSSR count). The van der Waals surface area contributed by atoms with Gasteiger partial charge in [0.1, 0.15) is 0 Å². The maximum Gasteiger partial charge on any atom is 0.314 e. The van der Waals surface area contributed by atoms with E-state index in [1.165, 1.54) is 6.42 Å². The summed E-state index contributed by atoms with van der Waals surface area (Å²) in [7, 11) is 0. The van der Waals surface area contributed by atoms with E-state index in [1.54, 1.807) is 0 Å². The summed E-state index contributed by atoms with van der Waals surface area (Å²) >= 11 is 0. The van der Waals surface area contributed by atoms with E-state index >= 15 is 0 Å². The summed E-state index contributed by atoms with van der Waals surface area (Å²) in [6.45, 7) is 52.2. The molecule has 0 aliphatic rings. The maximum absolute atomic E-state index is 12.7. The SMILES string of the molecule is C.CC(C)(C)C.CC(C)(C)C.CC(C)(C)C.CC(C)(C)C.CC(C)(C)C(F)(F)C(C)(F)F.CC(C)(C)CC(C)(C)C. The number of hydrogen-bond donors (Lipinski definition) is 0. The minimum absolute atomic E-state index is 0. The van der Waals surface area contributed by atoms with Crippen molar-refractivity contribution in [3.8, 4) is 0 Å². The molecule has 0 aliphatic heterocycles. The Balaban J connectivity index is -0.0000000699. The second kappa shape index (κ2) is 19.9. The van der Waals surface area contributed by atoms with E-state index in [4.69, 9.17) is 0 Å². The zero-order chi connectivity index (χ0) is 35.2. The molecular weight excluding hydrogens is 520 g/mol. The molecule has 0 amide bonds. The lowest BCUT2D eigenvalue weighted by Crippen LogP contribution is -2.48. The smallest absolute Gasteiger partial charge is 0.200 e. The van der Waals surface area contributed by atoms with Crippen LogP contribution in [0.3, 0.4) is 0 Å². The fourth-order valence-electron chi connectivity index (χ4n) is 2.25. The summed E-state index contributed by atoms with van der Waals surface area (Å²) in [5.74, 6) is -7.91. The van der Waals surface area contributed by atoms with Gasteiger partial charge in [0.25, 0.3) is 0 Å². The molecule has 0 radical (unpaired) electrons. The Hall–Kier alpha value is -0.280. The van der Waals surface area contributed by atoms with Crippen LogP contribution in [-0.2, 0) is 0 Å². The Kier molecular flexibility index (Phi) is 27.4. The van der Waals surface area contributed by atoms with Crippen molar-refractivity contribution in [2.75, 3.05) is 0 Å². The highest BCUT2D eigenvalue weighted by Crippen LogP contribution is 2.46. The molecule has 0 N–H and O–H groups in total. The van der Waals surface area contributed by atoms with Crippen molar-refractivity contribution in [3.05, 3.63) is 0 Å². The van der Waals surface area contributed by atoms with Crippen LogP contribution in [0.25, 0.3) is 0 Å². The average Bonchev–Trinajstić information content (AvgIpc) is 2.32. The number of halogens is 4. The summed E-state index contributed by atoms with van der Waals surface area (Å²) in [6.07, 6.45) is 1.29. The van der Waals surface area contributed by atoms with Gasteiger partial charge in [-0.1, -0.05) is 181 Å². The Morgan fingerprint density at radius 3 is 0.439 bits per heavy atom. The van der Waals surface area contributed by atoms with Gasteiger partial charge in [0.2, 0.25) is 0 Å². The van der Waals surface area contributed by atoms with Crippen molar-refractivity contribution in [1.29, 1.82) is 0 Å². The molecule has 0 aromatic heterocycles. The largest absolute Gasteiger partial charge is 0.314 e. The van der Waals surface area contributed by atoms with Gasteiger partial charge in [-0.25, -0.2) is 8.78 Å². The predicted octanol–water partition coefficient (Wildman–Crippen LogP) is 15.6. The van der Waals surface area contributed by atoms with Gasteiger partial charge in [0.15, 0.2) is 0 Å². The molecule has 0 saturated carbocycles. The van der Waals surface area contributed by atoms with Gasteiger partial charge in [0, 0.05) is 12.3 Å². The van der Waals surface area contributed by atoms with Crippen molar-refractivity contribution in [3.63, 3.8) is 0 Å². The molecular formula is C37H84F4. The molecule has 0 fully saturated rings. The lowest BCUT2D eigenvalue weighted by molar-refractivity contribution is -0.247. The first-order valence-electron chi connectivity index (χ1n) is 15.0. The third-order valence-electron chi connectivity index (χ3n) is 2.55. The molecule has 0 nitrogen and oxygen atoms in total. The van der Waals surface area contributed by atoms with Crippen molar-refractivity contribution in [1.82, 2.24) is 0 Å². The van der Waals surface area contributed by atoms with Gasteiger partial charge in [-0.05, 0) is 38.9 Å². The number of rotatable bonds is 1. The molecule has 0 aromatic rings. The normalized spacial score (nSPS) is 13.0. The molecule has 0 atom stereocenters. The topological polar surface area (TPSA) is 0 Å². The molecule has 0 bridgehead atoms. The molecule has 0 aromatic carbocycles. The molecule has 41 heavy (non-hydrogen) atoms. The second-order valence-electron chi connectivity index (χ2n) is 21.0. The van der Waals surface area contributed by atoms with Crippen LogP contribution >= 0.6 is 0 Å². The fraction of sp³-hybridized carbons (Fsp3) is 1.00. The quantitative estimate of drug-likeness (QED) is 0.261. The van der Waals surface area contributed by atoms with Gasteiger partial charge in [-0.2, -0.15) is 8.78 Å². The third kappa shape index (κ3) is 100. The van der Waals surface area contributed by atoms with Gasteiger partial charge < -0.3 is 0 Å². The lowest BCUT2D eigenvalue weighted by atomic mass is 9.78. The number of alkyl halides is 4.